The molecule has 0 unspecified atom stereocenters. The first-order chi connectivity index (χ1) is 7.37. The van der Waals surface area contributed by atoms with Crippen LogP contribution < -0.4 is 5.73 Å². The van der Waals surface area contributed by atoms with Crippen LogP contribution in [-0.2, 0) is 9.84 Å². The summed E-state index contributed by atoms with van der Waals surface area (Å²) in [7, 11) is -3.27. The molecule has 90 valence electrons. The second-order valence-electron chi connectivity index (χ2n) is 4.23. The molecular weight excluding hydrogens is 222 g/mol. The average Bonchev–Trinajstić information content (AvgIpc) is 2.28. The topological polar surface area (TPSA) is 60.2 Å². The maximum Gasteiger partial charge on any atom is 0.183 e. The van der Waals surface area contributed by atoms with Gasteiger partial charge in [0.05, 0.1) is 9.64 Å². The summed E-state index contributed by atoms with van der Waals surface area (Å²) in [4.78, 5) is 0.355. The van der Waals surface area contributed by atoms with Crippen LogP contribution in [-0.4, -0.2) is 13.2 Å². The van der Waals surface area contributed by atoms with Gasteiger partial charge in [-0.05, 0) is 44.0 Å². The van der Waals surface area contributed by atoms with Gasteiger partial charge in [0, 0.05) is 5.69 Å². The van der Waals surface area contributed by atoms with E-state index in [4.69, 9.17) is 5.73 Å². The zero-order valence-electron chi connectivity index (χ0n) is 10.0. The van der Waals surface area contributed by atoms with E-state index < -0.39 is 14.6 Å². The number of nitrogen functional groups attached to an aromatic ring is 1. The molecule has 0 amide bonds. The number of benzene rings is 1. The van der Waals surface area contributed by atoms with Crippen molar-refractivity contribution < 1.29 is 8.42 Å². The molecule has 4 heteroatoms. The molecule has 0 atom stereocenters. The monoisotopic (exact) mass is 241 g/mol. The molecule has 0 saturated carbocycles. The lowest BCUT2D eigenvalue weighted by molar-refractivity contribution is 0.507. The van der Waals surface area contributed by atoms with E-state index in [0.717, 1.165) is 0 Å². The van der Waals surface area contributed by atoms with E-state index in [0.29, 0.717) is 23.4 Å². The van der Waals surface area contributed by atoms with Gasteiger partial charge in [-0.25, -0.2) is 8.42 Å². The lowest BCUT2D eigenvalue weighted by Crippen LogP contribution is -2.33. The highest BCUT2D eigenvalue weighted by atomic mass is 32.2. The van der Waals surface area contributed by atoms with Crippen LogP contribution in [0.5, 0.6) is 0 Å². The van der Waals surface area contributed by atoms with E-state index in [1.807, 2.05) is 13.8 Å². The van der Waals surface area contributed by atoms with Crippen molar-refractivity contribution in [2.75, 3.05) is 5.73 Å². The Hall–Kier alpha value is -1.03. The second kappa shape index (κ2) is 4.45. The molecule has 0 saturated heterocycles. The Morgan fingerprint density at radius 1 is 1.12 bits per heavy atom. The van der Waals surface area contributed by atoms with Crippen molar-refractivity contribution in [2.45, 2.75) is 43.3 Å². The standard InChI is InChI=1S/C12H19NO2S/c1-4-12(3,5-2)16(14,15)11-8-6-10(13)7-9-11/h6-9H,4-5,13H2,1-3H3. The highest BCUT2D eigenvalue weighted by Gasteiger charge is 2.36. The Morgan fingerprint density at radius 3 is 1.94 bits per heavy atom. The molecule has 0 fully saturated rings. The molecule has 3 nitrogen and oxygen atoms in total. The lowest BCUT2D eigenvalue weighted by Gasteiger charge is -2.26. The smallest absolute Gasteiger partial charge is 0.183 e. The summed E-state index contributed by atoms with van der Waals surface area (Å²) in [5.74, 6) is 0. The normalized spacial score (nSPS) is 12.7. The zero-order chi connectivity index (χ0) is 12.4. The fourth-order valence-corrected chi connectivity index (χ4v) is 3.39. The van der Waals surface area contributed by atoms with Crippen molar-refractivity contribution >= 4 is 15.5 Å². The van der Waals surface area contributed by atoms with Crippen LogP contribution in [0.3, 0.4) is 0 Å². The molecule has 0 aliphatic rings. The minimum atomic E-state index is -3.27. The number of rotatable bonds is 4. The maximum atomic E-state index is 12.4. The van der Waals surface area contributed by atoms with Gasteiger partial charge in [-0.15, -0.1) is 0 Å². The predicted octanol–water partition coefficient (Wildman–Crippen LogP) is 2.62. The molecule has 0 spiro atoms. The Kier molecular flexibility index (Phi) is 3.63. The van der Waals surface area contributed by atoms with Gasteiger partial charge in [0.1, 0.15) is 0 Å². The number of nitrogens with two attached hydrogens (primary N) is 1. The summed E-state index contributed by atoms with van der Waals surface area (Å²) in [5.41, 5.74) is 6.13. The summed E-state index contributed by atoms with van der Waals surface area (Å²) < 4.78 is 24.1. The van der Waals surface area contributed by atoms with Crippen molar-refractivity contribution in [3.8, 4) is 0 Å². The third-order valence-electron chi connectivity index (χ3n) is 3.33. The second-order valence-corrected chi connectivity index (χ2v) is 6.69. The van der Waals surface area contributed by atoms with Crippen LogP contribution in [0.1, 0.15) is 33.6 Å². The highest BCUT2D eigenvalue weighted by Crippen LogP contribution is 2.31. The van der Waals surface area contributed by atoms with Gasteiger partial charge in [0.2, 0.25) is 0 Å². The van der Waals surface area contributed by atoms with Crippen molar-refractivity contribution in [2.24, 2.45) is 0 Å². The minimum absolute atomic E-state index is 0.355. The van der Waals surface area contributed by atoms with Gasteiger partial charge >= 0.3 is 0 Å². The molecule has 0 radical (unpaired) electrons. The van der Waals surface area contributed by atoms with E-state index in [2.05, 4.69) is 0 Å². The predicted molar refractivity (Wildman–Crippen MR) is 67.0 cm³/mol. The minimum Gasteiger partial charge on any atom is -0.399 e. The first kappa shape index (κ1) is 13.0. The van der Waals surface area contributed by atoms with Gasteiger partial charge in [-0.2, -0.15) is 0 Å². The van der Waals surface area contributed by atoms with E-state index in [-0.39, 0.29) is 0 Å². The number of hydrogen-bond acceptors (Lipinski definition) is 3. The maximum absolute atomic E-state index is 12.4. The van der Waals surface area contributed by atoms with Crippen molar-refractivity contribution in [1.29, 1.82) is 0 Å². The van der Waals surface area contributed by atoms with Gasteiger partial charge in [-0.1, -0.05) is 13.8 Å². The molecule has 16 heavy (non-hydrogen) atoms. The summed E-state index contributed by atoms with van der Waals surface area (Å²) in [6.45, 7) is 5.59. The lowest BCUT2D eigenvalue weighted by atomic mass is 10.1. The summed E-state index contributed by atoms with van der Waals surface area (Å²) in [6.07, 6.45) is 1.21. The van der Waals surface area contributed by atoms with Crippen molar-refractivity contribution in [3.05, 3.63) is 24.3 Å². The summed E-state index contributed by atoms with van der Waals surface area (Å²) in [5, 5.41) is 0. The number of anilines is 1. The van der Waals surface area contributed by atoms with Crippen LogP contribution in [0.2, 0.25) is 0 Å². The molecule has 1 rings (SSSR count). The van der Waals surface area contributed by atoms with Crippen LogP contribution in [0.4, 0.5) is 5.69 Å². The molecule has 0 aliphatic carbocycles. The number of sulfone groups is 1. The summed E-state index contributed by atoms with van der Waals surface area (Å²) in [6, 6.07) is 6.40. The Bertz CT molecular complexity index is 444. The van der Waals surface area contributed by atoms with Crippen molar-refractivity contribution in [3.63, 3.8) is 0 Å². The van der Waals surface area contributed by atoms with Crippen LogP contribution in [0, 0.1) is 0 Å². The molecule has 1 aromatic carbocycles. The molecule has 0 heterocycles. The van der Waals surface area contributed by atoms with Crippen LogP contribution in [0.15, 0.2) is 29.2 Å². The third kappa shape index (κ3) is 2.07. The van der Waals surface area contributed by atoms with E-state index in [9.17, 15) is 8.42 Å². The molecule has 2 N–H and O–H groups in total. The molecular formula is C12H19NO2S. The fourth-order valence-electron chi connectivity index (χ4n) is 1.56. The molecule has 1 aromatic rings. The quantitative estimate of drug-likeness (QED) is 0.824. The largest absolute Gasteiger partial charge is 0.399 e. The third-order valence-corrected chi connectivity index (χ3v) is 6.10. The van der Waals surface area contributed by atoms with E-state index in [1.165, 1.54) is 0 Å². The average molecular weight is 241 g/mol. The molecule has 0 bridgehead atoms. The first-order valence-electron chi connectivity index (χ1n) is 5.47. The Morgan fingerprint density at radius 2 is 1.56 bits per heavy atom. The first-order valence-corrected chi connectivity index (χ1v) is 6.96. The van der Waals surface area contributed by atoms with Crippen LogP contribution >= 0.6 is 0 Å². The van der Waals surface area contributed by atoms with Gasteiger partial charge in [-0.3, -0.25) is 0 Å². The van der Waals surface area contributed by atoms with Gasteiger partial charge in [0.25, 0.3) is 0 Å². The summed E-state index contributed by atoms with van der Waals surface area (Å²) >= 11 is 0. The van der Waals surface area contributed by atoms with E-state index >= 15 is 0 Å². The van der Waals surface area contributed by atoms with Crippen molar-refractivity contribution in [1.82, 2.24) is 0 Å². The Labute approximate surface area is 97.6 Å². The van der Waals surface area contributed by atoms with Gasteiger partial charge < -0.3 is 5.73 Å². The molecule has 0 aliphatic heterocycles. The van der Waals surface area contributed by atoms with Gasteiger partial charge in [0.15, 0.2) is 9.84 Å². The molecule has 0 aromatic heterocycles. The zero-order valence-corrected chi connectivity index (χ0v) is 10.8. The highest BCUT2D eigenvalue weighted by molar-refractivity contribution is 7.92. The SMILES string of the molecule is CCC(C)(CC)S(=O)(=O)c1ccc(N)cc1. The Balaban J connectivity index is 3.26. The fraction of sp³-hybridized carbons (Fsp3) is 0.500. The van der Waals surface area contributed by atoms with E-state index in [1.54, 1.807) is 31.2 Å². The number of hydrogen-bond donors (Lipinski definition) is 1. The van der Waals surface area contributed by atoms with Crippen LogP contribution in [0.25, 0.3) is 0 Å².